The average Bonchev–Trinajstić information content (AvgIpc) is 3.66. The first kappa shape index (κ1) is 26.7. The number of benzene rings is 7. The van der Waals surface area contributed by atoms with Crippen molar-refractivity contribution in [2.24, 2.45) is 0 Å². The van der Waals surface area contributed by atoms with Gasteiger partial charge in [-0.15, -0.1) is 0 Å². The predicted molar refractivity (Wildman–Crippen MR) is 199 cm³/mol. The lowest BCUT2D eigenvalue weighted by Crippen LogP contribution is -2.03. The Balaban J connectivity index is 1.32. The van der Waals surface area contributed by atoms with Crippen LogP contribution in [0.5, 0.6) is 0 Å². The Morgan fingerprint density at radius 3 is 1.56 bits per heavy atom. The van der Waals surface area contributed by atoms with Gasteiger partial charge in [-0.3, -0.25) is 4.57 Å². The van der Waals surface area contributed by atoms with Gasteiger partial charge in [-0.2, -0.15) is 0 Å². The molecule has 10 aromatic rings. The molecule has 48 heavy (non-hydrogen) atoms. The van der Waals surface area contributed by atoms with Crippen LogP contribution in [0.4, 0.5) is 0 Å². The van der Waals surface area contributed by atoms with Gasteiger partial charge in [0.1, 0.15) is 5.69 Å². The maximum atomic E-state index is 5.39. The van der Waals surface area contributed by atoms with E-state index < -0.39 is 0 Å². The molecule has 0 spiro atoms. The van der Waals surface area contributed by atoms with E-state index >= 15 is 0 Å². The summed E-state index contributed by atoms with van der Waals surface area (Å²) in [4.78, 5) is 10.7. The van der Waals surface area contributed by atoms with Crippen LogP contribution in [0.25, 0.3) is 88.5 Å². The molecule has 0 unspecified atom stereocenters. The highest BCUT2D eigenvalue weighted by atomic mass is 15.1. The Hall–Kier alpha value is -6.52. The van der Waals surface area contributed by atoms with Crippen molar-refractivity contribution in [1.82, 2.24) is 19.1 Å². The van der Waals surface area contributed by atoms with E-state index in [0.29, 0.717) is 0 Å². The summed E-state index contributed by atoms with van der Waals surface area (Å²) < 4.78 is 4.70. The third-order valence-electron chi connectivity index (χ3n) is 9.49. The summed E-state index contributed by atoms with van der Waals surface area (Å²) in [5.74, 6) is 0.816. The van der Waals surface area contributed by atoms with Crippen molar-refractivity contribution in [3.05, 3.63) is 170 Å². The lowest BCUT2D eigenvalue weighted by Gasteiger charge is -2.14. The van der Waals surface area contributed by atoms with E-state index in [4.69, 9.17) is 9.97 Å². The fourth-order valence-electron chi connectivity index (χ4n) is 7.33. The molecule has 4 nitrogen and oxygen atoms in total. The van der Waals surface area contributed by atoms with Gasteiger partial charge in [0, 0.05) is 32.8 Å². The molecule has 0 radical (unpaired) electrons. The van der Waals surface area contributed by atoms with E-state index in [1.165, 1.54) is 38.1 Å². The van der Waals surface area contributed by atoms with Crippen LogP contribution in [0.3, 0.4) is 0 Å². The monoisotopic (exact) mass is 612 g/mol. The summed E-state index contributed by atoms with van der Waals surface area (Å²) in [7, 11) is 0. The van der Waals surface area contributed by atoms with Crippen LogP contribution >= 0.6 is 0 Å². The zero-order chi connectivity index (χ0) is 31.6. The van der Waals surface area contributed by atoms with E-state index in [-0.39, 0.29) is 0 Å². The van der Waals surface area contributed by atoms with Crippen LogP contribution in [-0.2, 0) is 0 Å². The molecule has 3 heterocycles. The van der Waals surface area contributed by atoms with Gasteiger partial charge in [0.05, 0.1) is 33.1 Å². The molecule has 0 saturated carbocycles. The standard InChI is InChI=1S/C44H28N4/c1-3-14-29(15-4-1)30-16-13-17-31(26-30)43-44(46-38-23-10-9-22-37(38)45-43)48-40-25-12-8-21-34(40)36-27-41-35(28-42(36)48)33-20-7-11-24-39(33)47(41)32-18-5-2-6-19-32/h1-28H. The predicted octanol–water partition coefficient (Wildman–Crippen LogP) is 11.2. The molecule has 0 atom stereocenters. The third-order valence-corrected chi connectivity index (χ3v) is 9.49. The van der Waals surface area contributed by atoms with Gasteiger partial charge in [0.2, 0.25) is 0 Å². The van der Waals surface area contributed by atoms with Crippen LogP contribution in [0.15, 0.2) is 170 Å². The molecule has 0 aliphatic carbocycles. The number of aromatic nitrogens is 4. The van der Waals surface area contributed by atoms with E-state index in [2.05, 4.69) is 161 Å². The fourth-order valence-corrected chi connectivity index (χ4v) is 7.33. The van der Waals surface area contributed by atoms with Crippen LogP contribution in [0, 0.1) is 0 Å². The summed E-state index contributed by atoms with van der Waals surface area (Å²) >= 11 is 0. The van der Waals surface area contributed by atoms with Crippen LogP contribution in [-0.4, -0.2) is 19.1 Å². The summed E-state index contributed by atoms with van der Waals surface area (Å²) in [6, 6.07) is 60.0. The highest BCUT2D eigenvalue weighted by Crippen LogP contribution is 2.41. The number of hydrogen-bond donors (Lipinski definition) is 0. The largest absolute Gasteiger partial charge is 0.309 e. The Bertz CT molecular complexity index is 2830. The second-order valence-corrected chi connectivity index (χ2v) is 12.3. The van der Waals surface area contributed by atoms with E-state index in [0.717, 1.165) is 50.4 Å². The van der Waals surface area contributed by atoms with Gasteiger partial charge in [0.25, 0.3) is 0 Å². The molecule has 0 saturated heterocycles. The first-order valence-electron chi connectivity index (χ1n) is 16.3. The fraction of sp³-hybridized carbons (Fsp3) is 0. The zero-order valence-corrected chi connectivity index (χ0v) is 26.0. The van der Waals surface area contributed by atoms with Crippen molar-refractivity contribution in [1.29, 1.82) is 0 Å². The first-order valence-corrected chi connectivity index (χ1v) is 16.3. The van der Waals surface area contributed by atoms with E-state index in [1.807, 2.05) is 18.2 Å². The minimum absolute atomic E-state index is 0.816. The molecule has 0 aliphatic rings. The Morgan fingerprint density at radius 1 is 0.333 bits per heavy atom. The summed E-state index contributed by atoms with van der Waals surface area (Å²) in [6.07, 6.45) is 0. The van der Waals surface area contributed by atoms with Crippen LogP contribution < -0.4 is 0 Å². The lowest BCUT2D eigenvalue weighted by molar-refractivity contribution is 1.08. The van der Waals surface area contributed by atoms with E-state index in [1.54, 1.807) is 0 Å². The van der Waals surface area contributed by atoms with Gasteiger partial charge in [-0.1, -0.05) is 115 Å². The number of fused-ring (bicyclic) bond motifs is 7. The first-order chi connectivity index (χ1) is 23.8. The Labute approximate surface area is 276 Å². The molecule has 3 aromatic heterocycles. The van der Waals surface area contributed by atoms with E-state index in [9.17, 15) is 0 Å². The number of nitrogens with zero attached hydrogens (tertiary/aromatic N) is 4. The molecule has 0 aliphatic heterocycles. The summed E-state index contributed by atoms with van der Waals surface area (Å²) in [5.41, 5.74) is 11.6. The number of rotatable bonds is 4. The van der Waals surface area contributed by atoms with Crippen molar-refractivity contribution >= 4 is 54.6 Å². The van der Waals surface area contributed by atoms with Crippen LogP contribution in [0.1, 0.15) is 0 Å². The molecular formula is C44H28N4. The minimum atomic E-state index is 0.816. The Morgan fingerprint density at radius 2 is 0.854 bits per heavy atom. The molecule has 0 bridgehead atoms. The number of para-hydroxylation sites is 5. The topological polar surface area (TPSA) is 35.6 Å². The van der Waals surface area contributed by atoms with Gasteiger partial charge >= 0.3 is 0 Å². The number of hydrogen-bond acceptors (Lipinski definition) is 2. The van der Waals surface area contributed by atoms with Gasteiger partial charge in [0.15, 0.2) is 5.82 Å². The van der Waals surface area contributed by atoms with Gasteiger partial charge in [-0.25, -0.2) is 9.97 Å². The smallest absolute Gasteiger partial charge is 0.165 e. The van der Waals surface area contributed by atoms with Gasteiger partial charge < -0.3 is 4.57 Å². The van der Waals surface area contributed by atoms with Crippen molar-refractivity contribution in [2.75, 3.05) is 0 Å². The zero-order valence-electron chi connectivity index (χ0n) is 26.0. The van der Waals surface area contributed by atoms with Crippen LogP contribution in [0.2, 0.25) is 0 Å². The molecule has 7 aromatic carbocycles. The summed E-state index contributed by atoms with van der Waals surface area (Å²) in [6.45, 7) is 0. The highest BCUT2D eigenvalue weighted by molar-refractivity contribution is 6.19. The normalized spacial score (nSPS) is 11.8. The minimum Gasteiger partial charge on any atom is -0.309 e. The van der Waals surface area contributed by atoms with Crippen molar-refractivity contribution < 1.29 is 0 Å². The molecule has 4 heteroatoms. The SMILES string of the molecule is c1ccc(-c2cccc(-c3nc4ccccc4nc3-n3c4ccccc4c4cc5c(cc43)c3ccccc3n5-c3ccccc3)c2)cc1. The average molecular weight is 613 g/mol. The second-order valence-electron chi connectivity index (χ2n) is 12.3. The molecule has 0 fully saturated rings. The Kier molecular flexibility index (Phi) is 5.84. The second kappa shape index (κ2) is 10.5. The van der Waals surface area contributed by atoms with Gasteiger partial charge in [-0.05, 0) is 65.7 Å². The maximum Gasteiger partial charge on any atom is 0.165 e. The molecular weight excluding hydrogens is 585 g/mol. The van der Waals surface area contributed by atoms with Crippen molar-refractivity contribution in [3.63, 3.8) is 0 Å². The molecule has 10 rings (SSSR count). The lowest BCUT2D eigenvalue weighted by atomic mass is 10.0. The third kappa shape index (κ3) is 4.03. The quantitative estimate of drug-likeness (QED) is 0.198. The van der Waals surface area contributed by atoms with Crippen molar-refractivity contribution in [2.45, 2.75) is 0 Å². The summed E-state index contributed by atoms with van der Waals surface area (Å²) in [5, 5.41) is 4.78. The molecule has 224 valence electrons. The maximum absolute atomic E-state index is 5.39. The molecule has 0 amide bonds. The molecule has 0 N–H and O–H groups in total. The highest BCUT2D eigenvalue weighted by Gasteiger charge is 2.22. The van der Waals surface area contributed by atoms with Crippen molar-refractivity contribution in [3.8, 4) is 33.9 Å².